The van der Waals surface area contributed by atoms with Crippen LogP contribution in [0, 0.1) is 3.57 Å². The predicted octanol–water partition coefficient (Wildman–Crippen LogP) is 3.92. The van der Waals surface area contributed by atoms with Gasteiger partial charge >= 0.3 is 5.97 Å². The molecule has 0 fully saturated rings. The van der Waals surface area contributed by atoms with Gasteiger partial charge in [-0.1, -0.05) is 42.5 Å². The van der Waals surface area contributed by atoms with Gasteiger partial charge in [-0.25, -0.2) is 0 Å². The van der Waals surface area contributed by atoms with Crippen LogP contribution < -0.4 is 0 Å². The number of carbonyl (C=O) groups excluding carboxylic acids is 1. The van der Waals surface area contributed by atoms with Gasteiger partial charge in [-0.2, -0.15) is 0 Å². The molecule has 2 aromatic carbocycles. The van der Waals surface area contributed by atoms with Crippen LogP contribution in [0.3, 0.4) is 0 Å². The lowest BCUT2D eigenvalue weighted by Crippen LogP contribution is -2.07. The summed E-state index contributed by atoms with van der Waals surface area (Å²) in [5.74, 6) is -0.311. The third-order valence-corrected chi connectivity index (χ3v) is 4.69. The van der Waals surface area contributed by atoms with Crippen molar-refractivity contribution >= 4 is 40.7 Å². The Bertz CT molecular complexity index is 765. The first-order valence-corrected chi connectivity index (χ1v) is 8.05. The van der Waals surface area contributed by atoms with Gasteiger partial charge in [-0.05, 0) is 50.9 Å². The molecule has 4 heteroatoms. The van der Waals surface area contributed by atoms with Crippen molar-refractivity contribution < 1.29 is 14.6 Å². The molecule has 1 N–H and O–H groups in total. The van der Waals surface area contributed by atoms with Crippen molar-refractivity contribution in [3.8, 4) is 0 Å². The number of hydrogen-bond donors (Lipinski definition) is 1. The molecule has 1 atom stereocenters. The Hall–Kier alpha value is -1.66. The largest absolute Gasteiger partial charge is 0.461 e. The fraction of sp³-hybridized carbons (Fsp3) is 0.167. The Morgan fingerprint density at radius 1 is 1.23 bits per heavy atom. The van der Waals surface area contributed by atoms with Gasteiger partial charge in [-0.3, -0.25) is 4.79 Å². The molecule has 2 aromatic rings. The molecule has 0 bridgehead atoms. The zero-order valence-electron chi connectivity index (χ0n) is 12.0. The molecule has 1 aliphatic rings. The number of halogens is 1. The average molecular weight is 406 g/mol. The predicted molar refractivity (Wildman–Crippen MR) is 94.1 cm³/mol. The Kier molecular flexibility index (Phi) is 4.31. The second-order valence-electron chi connectivity index (χ2n) is 5.18. The summed E-state index contributed by atoms with van der Waals surface area (Å²) in [5, 5.41) is 10.8. The monoisotopic (exact) mass is 406 g/mol. The third kappa shape index (κ3) is 2.80. The molecule has 0 saturated carbocycles. The van der Waals surface area contributed by atoms with Gasteiger partial charge in [0.1, 0.15) is 12.7 Å². The Morgan fingerprint density at radius 3 is 2.77 bits per heavy atom. The highest BCUT2D eigenvalue weighted by atomic mass is 127. The fourth-order valence-corrected chi connectivity index (χ4v) is 3.51. The van der Waals surface area contributed by atoms with E-state index in [0.29, 0.717) is 0 Å². The number of hydrogen-bond acceptors (Lipinski definition) is 3. The summed E-state index contributed by atoms with van der Waals surface area (Å²) in [4.78, 5) is 11.0. The van der Waals surface area contributed by atoms with E-state index < -0.39 is 6.10 Å². The molecule has 1 aliphatic carbocycles. The minimum absolute atomic E-state index is 0.211. The number of fused-ring (bicyclic) bond motifs is 2. The van der Waals surface area contributed by atoms with E-state index in [9.17, 15) is 9.90 Å². The molecule has 3 nitrogen and oxygen atoms in total. The topological polar surface area (TPSA) is 46.5 Å². The number of carbonyl (C=O) groups is 1. The van der Waals surface area contributed by atoms with E-state index >= 15 is 0 Å². The maximum Gasteiger partial charge on any atom is 0.302 e. The molecule has 0 spiro atoms. The summed E-state index contributed by atoms with van der Waals surface area (Å²) < 4.78 is 6.15. The number of aliphatic hydroxyl groups excluding tert-OH is 1. The number of rotatable bonds is 2. The SMILES string of the molecule is CC(=O)OCc1cccc2c1C=Cc1cccc(I)c1C2O. The van der Waals surface area contributed by atoms with E-state index in [-0.39, 0.29) is 12.6 Å². The van der Waals surface area contributed by atoms with Gasteiger partial charge in [0.2, 0.25) is 0 Å². The quantitative estimate of drug-likeness (QED) is 0.608. The van der Waals surface area contributed by atoms with E-state index in [0.717, 1.165) is 31.4 Å². The van der Waals surface area contributed by atoms with E-state index in [1.807, 2.05) is 48.6 Å². The number of esters is 1. The van der Waals surface area contributed by atoms with Crippen LogP contribution in [-0.2, 0) is 16.1 Å². The standard InChI is InChI=1S/C18H15IO3/c1-11(20)22-10-13-5-2-6-15-14(13)9-8-12-4-3-7-16(19)17(12)18(15)21/h2-9,18,21H,10H2,1H3. The molecule has 0 aliphatic heterocycles. The van der Waals surface area contributed by atoms with E-state index in [4.69, 9.17) is 4.74 Å². The molecule has 0 amide bonds. The van der Waals surface area contributed by atoms with Crippen molar-refractivity contribution in [2.75, 3.05) is 0 Å². The molecular formula is C18H15IO3. The van der Waals surface area contributed by atoms with Crippen molar-refractivity contribution in [3.05, 3.63) is 67.8 Å². The van der Waals surface area contributed by atoms with Gasteiger partial charge in [0.05, 0.1) is 0 Å². The van der Waals surface area contributed by atoms with Crippen LogP contribution in [0.4, 0.5) is 0 Å². The molecule has 1 unspecified atom stereocenters. The van der Waals surface area contributed by atoms with Gasteiger partial charge in [0.25, 0.3) is 0 Å². The van der Waals surface area contributed by atoms with Crippen LogP contribution in [-0.4, -0.2) is 11.1 Å². The number of benzene rings is 2. The maximum absolute atomic E-state index is 11.0. The molecule has 22 heavy (non-hydrogen) atoms. The normalized spacial score (nSPS) is 15.7. The van der Waals surface area contributed by atoms with Crippen LogP contribution in [0.1, 0.15) is 40.8 Å². The van der Waals surface area contributed by atoms with E-state index in [2.05, 4.69) is 22.6 Å². The van der Waals surface area contributed by atoms with E-state index in [1.165, 1.54) is 6.92 Å². The molecule has 0 aromatic heterocycles. The maximum atomic E-state index is 11.0. The number of ether oxygens (including phenoxy) is 1. The molecule has 0 saturated heterocycles. The Balaban J connectivity index is 2.11. The first-order valence-electron chi connectivity index (χ1n) is 6.97. The summed E-state index contributed by atoms with van der Waals surface area (Å²) in [5.41, 5.74) is 4.58. The summed E-state index contributed by atoms with van der Waals surface area (Å²) in [6.45, 7) is 1.60. The van der Waals surface area contributed by atoms with Gasteiger partial charge < -0.3 is 9.84 Å². The van der Waals surface area contributed by atoms with Crippen molar-refractivity contribution in [3.63, 3.8) is 0 Å². The highest BCUT2D eigenvalue weighted by molar-refractivity contribution is 14.1. The van der Waals surface area contributed by atoms with Crippen LogP contribution in [0.25, 0.3) is 12.2 Å². The summed E-state index contributed by atoms with van der Waals surface area (Å²) in [6, 6.07) is 11.7. The molecule has 112 valence electrons. The second-order valence-corrected chi connectivity index (χ2v) is 6.34. The summed E-state index contributed by atoms with van der Waals surface area (Å²) in [6.07, 6.45) is 3.30. The summed E-state index contributed by atoms with van der Waals surface area (Å²) in [7, 11) is 0. The van der Waals surface area contributed by atoms with Crippen molar-refractivity contribution in [1.82, 2.24) is 0 Å². The minimum atomic E-state index is -0.689. The van der Waals surface area contributed by atoms with Crippen LogP contribution in [0.2, 0.25) is 0 Å². The fourth-order valence-electron chi connectivity index (χ4n) is 2.70. The van der Waals surface area contributed by atoms with Crippen LogP contribution in [0.15, 0.2) is 36.4 Å². The van der Waals surface area contributed by atoms with Gasteiger partial charge in [0.15, 0.2) is 0 Å². The van der Waals surface area contributed by atoms with Crippen LogP contribution >= 0.6 is 22.6 Å². The molecule has 0 radical (unpaired) electrons. The zero-order valence-corrected chi connectivity index (χ0v) is 14.2. The number of aliphatic hydroxyl groups is 1. The molecular weight excluding hydrogens is 391 g/mol. The van der Waals surface area contributed by atoms with Crippen molar-refractivity contribution in [2.24, 2.45) is 0 Å². The first kappa shape index (κ1) is 15.2. The molecule has 0 heterocycles. The Morgan fingerprint density at radius 2 is 2.00 bits per heavy atom. The highest BCUT2D eigenvalue weighted by Gasteiger charge is 2.22. The Labute approximate surface area is 142 Å². The smallest absolute Gasteiger partial charge is 0.302 e. The van der Waals surface area contributed by atoms with Crippen LogP contribution in [0.5, 0.6) is 0 Å². The lowest BCUT2D eigenvalue weighted by atomic mass is 9.94. The van der Waals surface area contributed by atoms with Crippen molar-refractivity contribution in [1.29, 1.82) is 0 Å². The van der Waals surface area contributed by atoms with E-state index in [1.54, 1.807) is 0 Å². The molecule has 3 rings (SSSR count). The third-order valence-electron chi connectivity index (χ3n) is 3.75. The van der Waals surface area contributed by atoms with Gasteiger partial charge in [0, 0.05) is 16.1 Å². The van der Waals surface area contributed by atoms with Crippen molar-refractivity contribution in [2.45, 2.75) is 19.6 Å². The minimum Gasteiger partial charge on any atom is -0.461 e. The first-order chi connectivity index (χ1) is 10.6. The average Bonchev–Trinajstić information content (AvgIpc) is 2.64. The highest BCUT2D eigenvalue weighted by Crippen LogP contribution is 2.36. The summed E-state index contributed by atoms with van der Waals surface area (Å²) >= 11 is 2.25. The lowest BCUT2D eigenvalue weighted by molar-refractivity contribution is -0.142. The second kappa shape index (κ2) is 6.22. The van der Waals surface area contributed by atoms with Gasteiger partial charge in [-0.15, -0.1) is 0 Å². The lowest BCUT2D eigenvalue weighted by Gasteiger charge is -2.17. The zero-order chi connectivity index (χ0) is 15.7.